The van der Waals surface area contributed by atoms with Crippen LogP contribution in [-0.2, 0) is 5.72 Å². The molecule has 0 saturated heterocycles. The number of hydrogen-bond donors (Lipinski definition) is 1. The third-order valence-corrected chi connectivity index (χ3v) is 6.25. The number of methoxy groups -OCH3 is 1. The summed E-state index contributed by atoms with van der Waals surface area (Å²) in [5.41, 5.74) is 0.905. The van der Waals surface area contributed by atoms with Crippen molar-refractivity contribution >= 4 is 22.6 Å². The highest BCUT2D eigenvalue weighted by Gasteiger charge is 2.53. The van der Waals surface area contributed by atoms with Gasteiger partial charge in [0.15, 0.2) is 6.54 Å². The predicted octanol–water partition coefficient (Wildman–Crippen LogP) is 0.269. The van der Waals surface area contributed by atoms with Crippen LogP contribution in [0.5, 0.6) is 11.5 Å². The molecule has 1 unspecified atom stereocenters. The van der Waals surface area contributed by atoms with Gasteiger partial charge in [-0.3, -0.25) is 0 Å². The Labute approximate surface area is 180 Å². The third kappa shape index (κ3) is 3.75. The van der Waals surface area contributed by atoms with Gasteiger partial charge in [-0.25, -0.2) is 9.48 Å². The summed E-state index contributed by atoms with van der Waals surface area (Å²) >= 11 is 1.81. The van der Waals surface area contributed by atoms with Crippen molar-refractivity contribution in [3.8, 4) is 11.5 Å². The van der Waals surface area contributed by atoms with Gasteiger partial charge < -0.3 is 31.6 Å². The van der Waals surface area contributed by atoms with Crippen molar-refractivity contribution < 1.29 is 36.1 Å². The largest absolute Gasteiger partial charge is 1.00 e. The SMILES string of the molecule is CCOc1ccc(N2CC(O)(c3ccc(OC)cc3)[N+]3=C2SCCC3)cc1.[Br-]. The molecule has 2 heterocycles. The fourth-order valence-electron chi connectivity index (χ4n) is 3.70. The van der Waals surface area contributed by atoms with Gasteiger partial charge in [0.2, 0.25) is 0 Å². The maximum Gasteiger partial charge on any atom is 0.316 e. The standard InChI is InChI=1S/C21H25N2O3S.BrH/c1-3-26-19-11-7-17(8-12-19)22-15-21(24,23-13-4-14-27-20(22)23)16-5-9-18(25-2)10-6-16;/h5-12,24H,3-4,13-15H2,1-2H3;1H/q+1;/p-1. The molecule has 1 N–H and O–H groups in total. The molecule has 5 nitrogen and oxygen atoms in total. The molecule has 28 heavy (non-hydrogen) atoms. The highest BCUT2D eigenvalue weighted by Crippen LogP contribution is 2.38. The number of ether oxygens (including phenoxy) is 2. The van der Waals surface area contributed by atoms with Crippen molar-refractivity contribution in [1.29, 1.82) is 0 Å². The Morgan fingerprint density at radius 2 is 1.79 bits per heavy atom. The lowest BCUT2D eigenvalue weighted by Gasteiger charge is -2.24. The number of anilines is 1. The number of β-amino-alcohol motifs (C(OH)–C–C–N with tert-alkyl or cyclic N) is 1. The average molecular weight is 465 g/mol. The Morgan fingerprint density at radius 1 is 1.11 bits per heavy atom. The zero-order valence-electron chi connectivity index (χ0n) is 16.1. The number of aliphatic hydroxyl groups is 1. The quantitative estimate of drug-likeness (QED) is 0.643. The summed E-state index contributed by atoms with van der Waals surface area (Å²) in [6.45, 7) is 3.98. The van der Waals surface area contributed by atoms with E-state index in [1.165, 1.54) is 0 Å². The van der Waals surface area contributed by atoms with Gasteiger partial charge in [-0.15, -0.1) is 0 Å². The lowest BCUT2D eigenvalue weighted by atomic mass is 10.0. The Morgan fingerprint density at radius 3 is 2.43 bits per heavy atom. The van der Waals surface area contributed by atoms with Crippen molar-refractivity contribution in [3.63, 3.8) is 0 Å². The maximum atomic E-state index is 11.7. The van der Waals surface area contributed by atoms with Gasteiger partial charge in [-0.05, 0) is 73.6 Å². The zero-order valence-corrected chi connectivity index (χ0v) is 18.5. The zero-order chi connectivity index (χ0) is 18.9. The van der Waals surface area contributed by atoms with Crippen LogP contribution >= 0.6 is 11.8 Å². The van der Waals surface area contributed by atoms with Gasteiger partial charge in [0.25, 0.3) is 5.72 Å². The Kier molecular flexibility index (Phi) is 6.58. The van der Waals surface area contributed by atoms with Crippen molar-refractivity contribution in [1.82, 2.24) is 0 Å². The summed E-state index contributed by atoms with van der Waals surface area (Å²) < 4.78 is 13.0. The van der Waals surface area contributed by atoms with Crippen molar-refractivity contribution in [2.24, 2.45) is 0 Å². The fourth-order valence-corrected chi connectivity index (χ4v) is 4.88. The number of hydrogen-bond acceptors (Lipinski definition) is 5. The second kappa shape index (κ2) is 8.76. The molecule has 0 saturated carbocycles. The van der Waals surface area contributed by atoms with E-state index < -0.39 is 5.72 Å². The van der Waals surface area contributed by atoms with Crippen LogP contribution in [0.3, 0.4) is 0 Å². The Hall–Kier alpha value is -1.70. The molecule has 2 aromatic carbocycles. The number of amidine groups is 1. The van der Waals surface area contributed by atoms with Gasteiger partial charge in [-0.2, -0.15) is 0 Å². The number of benzene rings is 2. The van der Waals surface area contributed by atoms with Gasteiger partial charge in [-0.1, -0.05) is 0 Å². The number of nitrogens with zero attached hydrogens (tertiary/aromatic N) is 2. The van der Waals surface area contributed by atoms with E-state index >= 15 is 0 Å². The third-order valence-electron chi connectivity index (χ3n) is 5.06. The normalized spacial score (nSPS) is 21.2. The van der Waals surface area contributed by atoms with Crippen LogP contribution in [0.15, 0.2) is 48.5 Å². The summed E-state index contributed by atoms with van der Waals surface area (Å²) in [7, 11) is 1.65. The summed E-state index contributed by atoms with van der Waals surface area (Å²) in [5, 5.41) is 12.8. The van der Waals surface area contributed by atoms with Gasteiger partial charge in [0.1, 0.15) is 17.2 Å². The van der Waals surface area contributed by atoms with Crippen LogP contribution in [0.4, 0.5) is 5.69 Å². The molecular formula is C21H25BrN2O3S. The molecule has 2 aromatic rings. The van der Waals surface area contributed by atoms with Gasteiger partial charge in [0.05, 0.1) is 20.3 Å². The fraction of sp³-hybridized carbons (Fsp3) is 0.381. The highest BCUT2D eigenvalue weighted by atomic mass is 79.9. The first-order valence-corrected chi connectivity index (χ1v) is 10.3. The second-order valence-electron chi connectivity index (χ2n) is 6.69. The lowest BCUT2D eigenvalue weighted by Crippen LogP contribution is -3.00. The minimum absolute atomic E-state index is 0. The molecule has 0 amide bonds. The van der Waals surface area contributed by atoms with E-state index in [2.05, 4.69) is 21.6 Å². The van der Waals surface area contributed by atoms with Crippen LogP contribution in [0.25, 0.3) is 0 Å². The van der Waals surface area contributed by atoms with E-state index in [1.54, 1.807) is 7.11 Å². The van der Waals surface area contributed by atoms with E-state index in [4.69, 9.17) is 9.47 Å². The first kappa shape index (κ1) is 21.0. The molecule has 1 atom stereocenters. The molecule has 150 valence electrons. The highest BCUT2D eigenvalue weighted by molar-refractivity contribution is 8.13. The topological polar surface area (TPSA) is 44.9 Å². The molecule has 0 spiro atoms. The molecule has 2 aliphatic heterocycles. The lowest BCUT2D eigenvalue weighted by molar-refractivity contribution is -0.656. The monoisotopic (exact) mass is 464 g/mol. The first-order chi connectivity index (χ1) is 13.2. The molecule has 0 aliphatic carbocycles. The van der Waals surface area contributed by atoms with Crippen LogP contribution in [-0.4, -0.2) is 47.4 Å². The molecule has 0 radical (unpaired) electrons. The summed E-state index contributed by atoms with van der Waals surface area (Å²) in [5.74, 6) is 2.72. The molecule has 0 aromatic heterocycles. The first-order valence-electron chi connectivity index (χ1n) is 9.30. The van der Waals surface area contributed by atoms with Gasteiger partial charge in [0, 0.05) is 11.3 Å². The summed E-state index contributed by atoms with van der Waals surface area (Å²) in [6, 6.07) is 15.8. The van der Waals surface area contributed by atoms with E-state index in [-0.39, 0.29) is 17.0 Å². The Bertz CT molecular complexity index is 842. The average Bonchev–Trinajstić information content (AvgIpc) is 3.03. The minimum atomic E-state index is -1.05. The van der Waals surface area contributed by atoms with Crippen molar-refractivity contribution in [2.45, 2.75) is 19.1 Å². The van der Waals surface area contributed by atoms with Crippen molar-refractivity contribution in [3.05, 3.63) is 54.1 Å². The smallest absolute Gasteiger partial charge is 0.316 e. The predicted molar refractivity (Wildman–Crippen MR) is 109 cm³/mol. The maximum absolute atomic E-state index is 11.7. The van der Waals surface area contributed by atoms with Crippen LogP contribution in [0.1, 0.15) is 18.9 Å². The number of halogens is 1. The second-order valence-corrected chi connectivity index (χ2v) is 7.76. The summed E-state index contributed by atoms with van der Waals surface area (Å²) in [6.07, 6.45) is 1.06. The molecule has 0 bridgehead atoms. The van der Waals surface area contributed by atoms with E-state index in [0.29, 0.717) is 13.2 Å². The van der Waals surface area contributed by atoms with E-state index in [0.717, 1.165) is 46.6 Å². The van der Waals surface area contributed by atoms with E-state index in [1.807, 2.05) is 55.1 Å². The molecular weight excluding hydrogens is 440 g/mol. The molecule has 0 fully saturated rings. The van der Waals surface area contributed by atoms with Crippen LogP contribution < -0.4 is 31.4 Å². The van der Waals surface area contributed by atoms with Crippen LogP contribution in [0.2, 0.25) is 0 Å². The summed E-state index contributed by atoms with van der Waals surface area (Å²) in [4.78, 5) is 2.21. The van der Waals surface area contributed by atoms with Crippen LogP contribution in [0, 0.1) is 0 Å². The Balaban J connectivity index is 0.00000225. The number of rotatable bonds is 5. The molecule has 2 aliphatic rings. The minimum Gasteiger partial charge on any atom is -1.00 e. The molecule has 7 heteroatoms. The van der Waals surface area contributed by atoms with E-state index in [9.17, 15) is 5.11 Å². The van der Waals surface area contributed by atoms with Crippen molar-refractivity contribution in [2.75, 3.05) is 37.5 Å². The number of thioether (sulfide) groups is 1. The van der Waals surface area contributed by atoms with Gasteiger partial charge >= 0.3 is 5.17 Å². The molecule has 4 rings (SSSR count).